The van der Waals surface area contributed by atoms with Crippen LogP contribution in [-0.2, 0) is 23.7 Å². The Morgan fingerprint density at radius 3 is 0.479 bits per heavy atom. The van der Waals surface area contributed by atoms with Crippen LogP contribution >= 0.6 is 0 Å². The van der Waals surface area contributed by atoms with E-state index in [2.05, 4.69) is 156 Å². The molecule has 5 heteroatoms. The van der Waals surface area contributed by atoms with Crippen LogP contribution in [0.15, 0.2) is 72.9 Å². The number of ether oxygens (including phenoxy) is 5. The molecule has 12 fully saturated rings. The Bertz CT molecular complexity index is 1550. The second-order valence-electron chi connectivity index (χ2n) is 36.1. The van der Waals surface area contributed by atoms with Gasteiger partial charge in [-0.25, -0.2) is 0 Å². The fourth-order valence-electron chi connectivity index (χ4n) is 17.4. The monoisotopic (exact) mass is 1330 g/mol. The highest BCUT2D eigenvalue weighted by molar-refractivity contribution is 5.01. The zero-order valence-corrected chi connectivity index (χ0v) is 65.2. The van der Waals surface area contributed by atoms with E-state index in [0.29, 0.717) is 42.4 Å². The minimum Gasteiger partial charge on any atom is -0.378 e. The third-order valence-corrected chi connectivity index (χ3v) is 25.9. The molecule has 5 nitrogen and oxygen atoms in total. The molecule has 7 aliphatic carbocycles. The first-order valence-electron chi connectivity index (χ1n) is 42.6. The Morgan fingerprint density at radius 2 is 0.312 bits per heavy atom. The summed E-state index contributed by atoms with van der Waals surface area (Å²) in [5, 5.41) is 0. The smallest absolute Gasteiger partial charge is 0.0756 e. The summed E-state index contributed by atoms with van der Waals surface area (Å²) in [4.78, 5) is 0. The molecule has 12 rings (SSSR count). The second kappa shape index (κ2) is 46.8. The summed E-state index contributed by atoms with van der Waals surface area (Å²) < 4.78 is 28.8. The topological polar surface area (TPSA) is 46.2 Å². The molecular formula is C91H158O5. The van der Waals surface area contributed by atoms with E-state index in [1.807, 2.05) is 0 Å². The van der Waals surface area contributed by atoms with Crippen molar-refractivity contribution < 1.29 is 23.7 Å². The summed E-state index contributed by atoms with van der Waals surface area (Å²) in [6.45, 7) is 32.7. The molecule has 0 aromatic carbocycles. The van der Waals surface area contributed by atoms with Crippen LogP contribution in [0.25, 0.3) is 0 Å². The molecular weight excluding hydrogens is 1170 g/mol. The van der Waals surface area contributed by atoms with Crippen LogP contribution in [0.2, 0.25) is 0 Å². The van der Waals surface area contributed by atoms with Crippen molar-refractivity contribution in [2.24, 2.45) is 112 Å². The lowest BCUT2D eigenvalue weighted by Crippen LogP contribution is -2.22. The molecule has 12 aliphatic rings. The largest absolute Gasteiger partial charge is 0.378 e. The maximum atomic E-state index is 5.82. The molecule has 0 spiro atoms. The highest BCUT2D eigenvalue weighted by atomic mass is 16.5. The summed E-state index contributed by atoms with van der Waals surface area (Å²) in [5.74, 6) is 16.5. The summed E-state index contributed by atoms with van der Waals surface area (Å²) in [7, 11) is 0. The Kier molecular flexibility index (Phi) is 39.7. The highest BCUT2D eigenvalue weighted by Crippen LogP contribution is 2.37. The van der Waals surface area contributed by atoms with Crippen LogP contribution in [0, 0.1) is 112 Å². The lowest BCUT2D eigenvalue weighted by atomic mass is 9.80. The normalized spacial score (nSPS) is 41.4. The van der Waals surface area contributed by atoms with E-state index >= 15 is 0 Å². The maximum Gasteiger partial charge on any atom is 0.0756 e. The van der Waals surface area contributed by atoms with Gasteiger partial charge in [0.2, 0.25) is 0 Å². The molecule has 10 atom stereocenters. The van der Waals surface area contributed by atoms with Gasteiger partial charge in [-0.15, -0.1) is 0 Å². The number of hydrogen-bond donors (Lipinski definition) is 0. The highest BCUT2D eigenvalue weighted by Gasteiger charge is 2.26. The third kappa shape index (κ3) is 34.9. The minimum absolute atomic E-state index is 0.413. The van der Waals surface area contributed by atoms with Crippen molar-refractivity contribution >= 4 is 0 Å². The van der Waals surface area contributed by atoms with Gasteiger partial charge >= 0.3 is 0 Å². The lowest BCUT2D eigenvalue weighted by molar-refractivity contribution is 0.00739. The van der Waals surface area contributed by atoms with E-state index < -0.39 is 0 Å². The molecule has 7 saturated carbocycles. The van der Waals surface area contributed by atoms with Crippen LogP contribution in [0.5, 0.6) is 0 Å². The maximum absolute atomic E-state index is 5.82. The number of rotatable bonds is 12. The Morgan fingerprint density at radius 1 is 0.146 bits per heavy atom. The van der Waals surface area contributed by atoms with Gasteiger partial charge in [0.1, 0.15) is 0 Å². The van der Waals surface area contributed by atoms with Gasteiger partial charge < -0.3 is 23.7 Å². The zero-order chi connectivity index (χ0) is 68.3. The molecule has 5 aliphatic heterocycles. The molecule has 10 unspecified atom stereocenters. The predicted molar refractivity (Wildman–Crippen MR) is 413 cm³/mol. The molecule has 96 heavy (non-hydrogen) atoms. The fraction of sp³-hybridized carbons (Fsp3) is 0.868. The van der Waals surface area contributed by atoms with Gasteiger partial charge in [0.25, 0.3) is 0 Å². The van der Waals surface area contributed by atoms with Gasteiger partial charge in [-0.05, 0) is 269 Å². The molecule has 0 N–H and O–H groups in total. The first-order valence-corrected chi connectivity index (χ1v) is 42.6. The van der Waals surface area contributed by atoms with Crippen molar-refractivity contribution in [1.82, 2.24) is 0 Å². The molecule has 5 heterocycles. The third-order valence-electron chi connectivity index (χ3n) is 25.9. The van der Waals surface area contributed by atoms with E-state index in [0.717, 1.165) is 134 Å². The molecule has 0 amide bonds. The fourth-order valence-corrected chi connectivity index (χ4v) is 17.4. The van der Waals surface area contributed by atoms with Crippen LogP contribution in [-0.4, -0.2) is 63.6 Å². The van der Waals surface area contributed by atoms with Crippen molar-refractivity contribution in [2.75, 3.05) is 33.0 Å². The second-order valence-corrected chi connectivity index (χ2v) is 36.1. The van der Waals surface area contributed by atoms with E-state index in [9.17, 15) is 0 Å². The van der Waals surface area contributed by atoms with E-state index in [4.69, 9.17) is 23.7 Å². The summed E-state index contributed by atoms with van der Waals surface area (Å²) >= 11 is 0. The SMILES string of the molecule is CC1CCC(C=CC2CCC(C)CC2)CC1.CC1CCC(C=CC2CCC(C)CO2)CC1.CC1CCC(C=CC2CCC(C)CO2)CC1.CC1CCC(C=CC2CCC(C)CO2)CC1.CC1CCC(C=CC2CCC(C)OC2)CC1.CC1CCC(C=CC2CCC(C)OC2)CC1. The molecule has 5 saturated heterocycles. The van der Waals surface area contributed by atoms with Crippen LogP contribution in [0.1, 0.15) is 327 Å². The quantitative estimate of drug-likeness (QED) is 0.182. The minimum atomic E-state index is 0.413. The average Bonchev–Trinajstić information content (AvgIpc) is 3.70. The van der Waals surface area contributed by atoms with Crippen LogP contribution in [0.3, 0.4) is 0 Å². The Labute approximate surface area is 596 Å². The average molecular weight is 1330 g/mol. The van der Waals surface area contributed by atoms with Crippen molar-refractivity contribution in [3.05, 3.63) is 72.9 Å². The standard InChI is InChI=1S/C16H28.5C15H26O/c1-13-3-7-15(8-4-13)11-12-16-9-5-14(2)6-10-16;3*1-12-3-6-14(7-4-12)8-10-15-9-5-13(2)11-16-15;2*1-12-3-6-14(7-4-12)9-10-15-8-5-13(2)16-11-15/h11-16H,3-10H2,1-2H3;3*8,10,12-15H,3-7,9,11H2,1-2H3;2*9-10,12-15H,3-8,11H2,1-2H3. The number of hydrogen-bond acceptors (Lipinski definition) is 5. The van der Waals surface area contributed by atoms with Gasteiger partial charge in [-0.1, -0.05) is 232 Å². The van der Waals surface area contributed by atoms with Crippen molar-refractivity contribution in [3.63, 3.8) is 0 Å². The van der Waals surface area contributed by atoms with Gasteiger partial charge in [0.15, 0.2) is 0 Å². The summed E-state index contributed by atoms with van der Waals surface area (Å²) in [6.07, 6.45) is 84.0. The van der Waals surface area contributed by atoms with Crippen molar-refractivity contribution in [1.29, 1.82) is 0 Å². The van der Waals surface area contributed by atoms with Gasteiger partial charge in [-0.3, -0.25) is 0 Å². The number of allylic oxidation sites excluding steroid dienone is 7. The van der Waals surface area contributed by atoms with Gasteiger partial charge in [0.05, 0.1) is 43.7 Å². The van der Waals surface area contributed by atoms with Crippen LogP contribution in [0.4, 0.5) is 0 Å². The summed E-state index contributed by atoms with van der Waals surface area (Å²) in [5.41, 5.74) is 0. The first kappa shape index (κ1) is 81.5. The Hall–Kier alpha value is -1.76. The van der Waals surface area contributed by atoms with Gasteiger partial charge in [0, 0.05) is 31.7 Å². The van der Waals surface area contributed by atoms with Crippen LogP contribution < -0.4 is 0 Å². The molecule has 0 aromatic heterocycles. The predicted octanol–water partition coefficient (Wildman–Crippen LogP) is 26.1. The van der Waals surface area contributed by atoms with Crippen molar-refractivity contribution in [2.45, 2.75) is 358 Å². The zero-order valence-electron chi connectivity index (χ0n) is 65.2. The molecule has 0 aromatic rings. The first-order chi connectivity index (χ1) is 46.4. The molecule has 0 bridgehead atoms. The lowest BCUT2D eigenvalue weighted by Gasteiger charge is -2.26. The Balaban J connectivity index is 0.000000163. The van der Waals surface area contributed by atoms with Crippen molar-refractivity contribution in [3.8, 4) is 0 Å². The van der Waals surface area contributed by atoms with E-state index in [1.54, 1.807) is 0 Å². The summed E-state index contributed by atoms with van der Waals surface area (Å²) in [6, 6.07) is 0. The molecule has 0 radical (unpaired) electrons. The molecule has 552 valence electrons. The van der Waals surface area contributed by atoms with E-state index in [1.165, 1.54) is 244 Å². The van der Waals surface area contributed by atoms with E-state index in [-0.39, 0.29) is 0 Å². The van der Waals surface area contributed by atoms with Gasteiger partial charge in [-0.2, -0.15) is 0 Å².